The summed E-state index contributed by atoms with van der Waals surface area (Å²) in [7, 11) is 0. The van der Waals surface area contributed by atoms with E-state index in [-0.39, 0.29) is 17.8 Å². The Labute approximate surface area is 80.7 Å². The normalized spacial score (nSPS) is 21.5. The molecule has 0 aromatic carbocycles. The van der Waals surface area contributed by atoms with Crippen molar-refractivity contribution in [2.75, 3.05) is 6.00 Å². The first-order valence-corrected chi connectivity index (χ1v) is 4.58. The van der Waals surface area contributed by atoms with Gasteiger partial charge < -0.3 is 0 Å². The predicted molar refractivity (Wildman–Crippen MR) is 48.0 cm³/mol. The van der Waals surface area contributed by atoms with Gasteiger partial charge in [0.05, 0.1) is 0 Å². The van der Waals surface area contributed by atoms with Crippen molar-refractivity contribution in [3.8, 4) is 0 Å². The largest absolute Gasteiger partial charge is 0.269 e. The Morgan fingerprint density at radius 2 is 1.62 bits per heavy atom. The number of hydrogen-bond acceptors (Lipinski definition) is 2. The fourth-order valence-corrected chi connectivity index (χ4v) is 1.83. The van der Waals surface area contributed by atoms with Gasteiger partial charge in [-0.05, 0) is 12.8 Å². The molecule has 0 fully saturated rings. The second-order valence-electron chi connectivity index (χ2n) is 2.99. The van der Waals surface area contributed by atoms with Crippen molar-refractivity contribution in [2.24, 2.45) is 0 Å². The molecule has 1 aliphatic heterocycles. The molecule has 2 aliphatic rings. The number of alkyl halides is 1. The topological polar surface area (TPSA) is 37.4 Å². The third kappa shape index (κ3) is 1.11. The molecule has 1 aliphatic carbocycles. The van der Waals surface area contributed by atoms with Crippen LogP contribution in [0.2, 0.25) is 0 Å². The molecule has 0 saturated heterocycles. The Balaban J connectivity index is 2.36. The molecule has 0 aromatic rings. The molecule has 0 unspecified atom stereocenters. The minimum atomic E-state index is -0.223. The first-order chi connectivity index (χ1) is 6.25. The maximum atomic E-state index is 11.5. The molecule has 4 heteroatoms. The number of carbonyl (C=O) groups excluding carboxylic acids is 2. The van der Waals surface area contributed by atoms with Crippen molar-refractivity contribution in [3.05, 3.63) is 23.3 Å². The number of allylic oxidation sites excluding steroid dienone is 2. The minimum Gasteiger partial charge on any atom is -0.269 e. The molecular weight excluding hydrogens is 190 g/mol. The third-order valence-corrected chi connectivity index (χ3v) is 2.54. The van der Waals surface area contributed by atoms with E-state index in [1.54, 1.807) is 0 Å². The van der Waals surface area contributed by atoms with E-state index in [0.29, 0.717) is 24.0 Å². The zero-order valence-corrected chi connectivity index (χ0v) is 7.67. The second-order valence-corrected chi connectivity index (χ2v) is 3.23. The van der Waals surface area contributed by atoms with Gasteiger partial charge in [0.15, 0.2) is 0 Å². The number of amides is 2. The van der Waals surface area contributed by atoms with Gasteiger partial charge in [-0.1, -0.05) is 12.2 Å². The highest BCUT2D eigenvalue weighted by Gasteiger charge is 2.36. The van der Waals surface area contributed by atoms with Gasteiger partial charge in [0.1, 0.15) is 6.00 Å². The Hall–Kier alpha value is -1.09. The Morgan fingerprint density at radius 3 is 2.00 bits per heavy atom. The monoisotopic (exact) mass is 197 g/mol. The summed E-state index contributed by atoms with van der Waals surface area (Å²) in [6, 6.07) is -0.0509. The van der Waals surface area contributed by atoms with Crippen LogP contribution in [0.3, 0.4) is 0 Å². The van der Waals surface area contributed by atoms with Crippen LogP contribution in [0.15, 0.2) is 23.3 Å². The Kier molecular flexibility index (Phi) is 1.96. The number of imide groups is 1. The summed E-state index contributed by atoms with van der Waals surface area (Å²) in [6.07, 6.45) is 4.93. The molecule has 13 heavy (non-hydrogen) atoms. The second kappa shape index (κ2) is 3.00. The van der Waals surface area contributed by atoms with Crippen LogP contribution >= 0.6 is 11.6 Å². The zero-order valence-electron chi connectivity index (χ0n) is 6.92. The first-order valence-electron chi connectivity index (χ1n) is 4.05. The fourth-order valence-electron chi connectivity index (χ4n) is 1.61. The SMILES string of the molecule is O=C1C2=C(CC=CC2)C(=O)N1CCl. The summed E-state index contributed by atoms with van der Waals surface area (Å²) >= 11 is 5.50. The van der Waals surface area contributed by atoms with Gasteiger partial charge in [0.25, 0.3) is 11.8 Å². The quantitative estimate of drug-likeness (QED) is 0.274. The highest BCUT2D eigenvalue weighted by atomic mass is 35.5. The lowest BCUT2D eigenvalue weighted by Gasteiger charge is -2.09. The number of halogens is 1. The maximum absolute atomic E-state index is 11.5. The molecule has 0 aromatic heterocycles. The van der Waals surface area contributed by atoms with E-state index < -0.39 is 0 Å². The van der Waals surface area contributed by atoms with Crippen LogP contribution in [0.4, 0.5) is 0 Å². The van der Waals surface area contributed by atoms with Crippen LogP contribution in [0.5, 0.6) is 0 Å². The smallest absolute Gasteiger partial charge is 0.258 e. The van der Waals surface area contributed by atoms with Gasteiger partial charge in [-0.25, -0.2) is 0 Å². The molecule has 0 spiro atoms. The Morgan fingerprint density at radius 1 is 1.15 bits per heavy atom. The molecular formula is C9H8ClNO2. The van der Waals surface area contributed by atoms with Crippen LogP contribution in [-0.2, 0) is 9.59 Å². The summed E-state index contributed by atoms with van der Waals surface area (Å²) in [5.41, 5.74) is 1.24. The zero-order chi connectivity index (χ0) is 9.42. The van der Waals surface area contributed by atoms with E-state index >= 15 is 0 Å². The molecule has 2 rings (SSSR count). The summed E-state index contributed by atoms with van der Waals surface area (Å²) < 4.78 is 0. The predicted octanol–water partition coefficient (Wildman–Crippen LogP) is 1.20. The molecule has 0 N–H and O–H groups in total. The lowest BCUT2D eigenvalue weighted by atomic mass is 9.99. The van der Waals surface area contributed by atoms with E-state index in [1.165, 1.54) is 0 Å². The van der Waals surface area contributed by atoms with Crippen molar-refractivity contribution >= 4 is 23.4 Å². The average Bonchev–Trinajstić information content (AvgIpc) is 2.41. The summed E-state index contributed by atoms with van der Waals surface area (Å²) in [5, 5.41) is 0. The van der Waals surface area contributed by atoms with Crippen LogP contribution in [0.25, 0.3) is 0 Å². The van der Waals surface area contributed by atoms with Gasteiger partial charge in [-0.15, -0.1) is 11.6 Å². The number of nitrogens with zero attached hydrogens (tertiary/aromatic N) is 1. The van der Waals surface area contributed by atoms with Crippen LogP contribution in [-0.4, -0.2) is 22.7 Å². The fraction of sp³-hybridized carbons (Fsp3) is 0.333. The molecule has 1 heterocycles. The lowest BCUT2D eigenvalue weighted by Crippen LogP contribution is -2.30. The highest BCUT2D eigenvalue weighted by Crippen LogP contribution is 2.29. The molecule has 3 nitrogen and oxygen atoms in total. The van der Waals surface area contributed by atoms with Gasteiger partial charge in [-0.2, -0.15) is 0 Å². The van der Waals surface area contributed by atoms with Crippen LogP contribution < -0.4 is 0 Å². The van der Waals surface area contributed by atoms with Crippen LogP contribution in [0.1, 0.15) is 12.8 Å². The van der Waals surface area contributed by atoms with Gasteiger partial charge in [0.2, 0.25) is 0 Å². The number of rotatable bonds is 1. The van der Waals surface area contributed by atoms with E-state index in [9.17, 15) is 9.59 Å². The van der Waals surface area contributed by atoms with Crippen molar-refractivity contribution < 1.29 is 9.59 Å². The third-order valence-electron chi connectivity index (χ3n) is 2.30. The van der Waals surface area contributed by atoms with E-state index in [1.807, 2.05) is 12.2 Å². The minimum absolute atomic E-state index is 0.0509. The summed E-state index contributed by atoms with van der Waals surface area (Å²) in [4.78, 5) is 24.1. The van der Waals surface area contributed by atoms with Gasteiger partial charge in [-0.3, -0.25) is 14.5 Å². The summed E-state index contributed by atoms with van der Waals surface area (Å²) in [6.45, 7) is 0. The van der Waals surface area contributed by atoms with Crippen molar-refractivity contribution in [2.45, 2.75) is 12.8 Å². The molecule has 68 valence electrons. The van der Waals surface area contributed by atoms with Crippen LogP contribution in [0, 0.1) is 0 Å². The molecule has 0 radical (unpaired) electrons. The van der Waals surface area contributed by atoms with Crippen molar-refractivity contribution in [1.82, 2.24) is 4.90 Å². The Bertz CT molecular complexity index is 314. The maximum Gasteiger partial charge on any atom is 0.258 e. The van der Waals surface area contributed by atoms with Crippen molar-refractivity contribution in [1.29, 1.82) is 0 Å². The number of hydrogen-bond donors (Lipinski definition) is 0. The lowest BCUT2D eigenvalue weighted by molar-refractivity contribution is -0.136. The molecule has 2 amide bonds. The van der Waals surface area contributed by atoms with E-state index in [4.69, 9.17) is 11.6 Å². The van der Waals surface area contributed by atoms with E-state index in [0.717, 1.165) is 4.90 Å². The molecule has 0 saturated carbocycles. The van der Waals surface area contributed by atoms with Gasteiger partial charge >= 0.3 is 0 Å². The van der Waals surface area contributed by atoms with Crippen molar-refractivity contribution in [3.63, 3.8) is 0 Å². The highest BCUT2D eigenvalue weighted by molar-refractivity contribution is 6.26. The molecule has 0 bridgehead atoms. The first kappa shape index (κ1) is 8.51. The van der Waals surface area contributed by atoms with E-state index in [2.05, 4.69) is 0 Å². The average molecular weight is 198 g/mol. The number of carbonyl (C=O) groups is 2. The standard InChI is InChI=1S/C9H8ClNO2/c10-5-11-8(12)6-3-1-2-4-7(6)9(11)13/h1-2H,3-5H2. The summed E-state index contributed by atoms with van der Waals surface area (Å²) in [5.74, 6) is -0.446. The molecule has 0 atom stereocenters. The van der Waals surface area contributed by atoms with Gasteiger partial charge in [0, 0.05) is 11.1 Å².